The molecule has 70 heavy (non-hydrogen) atoms. The van der Waals surface area contributed by atoms with Crippen molar-refractivity contribution >= 4 is 44.6 Å². The second-order valence-electron chi connectivity index (χ2n) is 20.5. The summed E-state index contributed by atoms with van der Waals surface area (Å²) in [6.45, 7) is 15.2. The maximum absolute atomic E-state index is 8.73. The van der Waals surface area contributed by atoms with Gasteiger partial charge in [-0.25, -0.2) is 4.98 Å². The van der Waals surface area contributed by atoms with E-state index in [2.05, 4.69) is 136 Å². The molecule has 0 fully saturated rings. The van der Waals surface area contributed by atoms with E-state index in [9.17, 15) is 0 Å². The molecule has 348 valence electrons. The summed E-state index contributed by atoms with van der Waals surface area (Å²) in [6.07, 6.45) is 1.89. The molecule has 0 unspecified atom stereocenters. The molecule has 2 N–H and O–H groups in total. The highest BCUT2D eigenvalue weighted by atomic mass is 16.5. The topological polar surface area (TPSA) is 51.1 Å². The Labute approximate surface area is 423 Å². The van der Waals surface area contributed by atoms with E-state index < -0.39 is 23.5 Å². The first kappa shape index (κ1) is 38.0. The van der Waals surface area contributed by atoms with E-state index in [0.717, 1.165) is 83.8 Å². The van der Waals surface area contributed by atoms with Crippen molar-refractivity contribution in [3.8, 4) is 50.7 Å². The van der Waals surface area contributed by atoms with Gasteiger partial charge in [-0.2, -0.15) is 0 Å². The SMILES string of the molecule is [2H]CC(C)(C[2H])c1cc(-c2ccc(-c3c([2H])c([2H])c([2H])c([2H])c3[2H])cc2)c(Nc2ccccc2Nc2cccc(Oc3ccc4c5ccccc5n(-c5cc(C(C)(C)C)ccn5)c4c3)c2)c(-c2ccccc2C(C)(C)C)c1. The molecule has 0 aliphatic heterocycles. The van der Waals surface area contributed by atoms with Crippen LogP contribution in [0.1, 0.15) is 88.6 Å². The van der Waals surface area contributed by atoms with Crippen LogP contribution in [0.2, 0.25) is 0 Å². The number of fused-ring (bicyclic) bond motifs is 3. The van der Waals surface area contributed by atoms with E-state index in [4.69, 9.17) is 19.3 Å². The van der Waals surface area contributed by atoms with Crippen molar-refractivity contribution in [2.75, 3.05) is 10.6 Å². The predicted octanol–water partition coefficient (Wildman–Crippen LogP) is 18.4. The van der Waals surface area contributed by atoms with Gasteiger partial charge in [0.25, 0.3) is 0 Å². The number of pyridine rings is 1. The lowest BCUT2D eigenvalue weighted by molar-refractivity contribution is 0.483. The van der Waals surface area contributed by atoms with E-state index in [-0.39, 0.29) is 42.3 Å². The highest BCUT2D eigenvalue weighted by Crippen LogP contribution is 2.47. The summed E-state index contributed by atoms with van der Waals surface area (Å²) in [4.78, 5) is 4.86. The molecule has 2 heterocycles. The molecule has 5 nitrogen and oxygen atoms in total. The molecule has 0 aliphatic carbocycles. The number of ether oxygens (including phenoxy) is 1. The Balaban J connectivity index is 1.06. The number of rotatable bonds is 10. The van der Waals surface area contributed by atoms with Crippen LogP contribution in [0, 0.1) is 0 Å². The van der Waals surface area contributed by atoms with Gasteiger partial charge in [0, 0.05) is 48.7 Å². The zero-order valence-corrected chi connectivity index (χ0v) is 40.9. The van der Waals surface area contributed by atoms with Gasteiger partial charge in [-0.15, -0.1) is 0 Å². The lowest BCUT2D eigenvalue weighted by Crippen LogP contribution is -2.15. The van der Waals surface area contributed by atoms with Crippen molar-refractivity contribution in [3.05, 3.63) is 217 Å². The Morgan fingerprint density at radius 3 is 1.93 bits per heavy atom. The monoisotopic (exact) mass is 922 g/mol. The average Bonchev–Trinajstić information content (AvgIpc) is 3.79. The van der Waals surface area contributed by atoms with Gasteiger partial charge in [0.1, 0.15) is 17.3 Å². The molecule has 0 atom stereocenters. The quantitative estimate of drug-likeness (QED) is 0.143. The third kappa shape index (κ3) is 9.32. The third-order valence-electron chi connectivity index (χ3n) is 12.9. The molecule has 0 amide bonds. The van der Waals surface area contributed by atoms with Gasteiger partial charge in [0.2, 0.25) is 0 Å². The lowest BCUT2D eigenvalue weighted by atomic mass is 9.78. The molecular weight excluding hydrogens is 853 g/mol. The van der Waals surface area contributed by atoms with Crippen LogP contribution in [0.4, 0.5) is 22.7 Å². The molecule has 0 spiro atoms. The fourth-order valence-electron chi connectivity index (χ4n) is 9.18. The molecule has 5 heteroatoms. The van der Waals surface area contributed by atoms with Gasteiger partial charge in [-0.1, -0.05) is 177 Å². The second kappa shape index (κ2) is 18.2. The Morgan fingerprint density at radius 2 is 1.17 bits per heavy atom. The van der Waals surface area contributed by atoms with Crippen LogP contribution >= 0.6 is 0 Å². The minimum absolute atomic E-state index is 0.00419. The van der Waals surface area contributed by atoms with Crippen molar-refractivity contribution in [1.82, 2.24) is 9.55 Å². The van der Waals surface area contributed by atoms with Crippen molar-refractivity contribution in [2.45, 2.75) is 78.5 Å². The van der Waals surface area contributed by atoms with Gasteiger partial charge in [0.15, 0.2) is 0 Å². The molecule has 0 saturated carbocycles. The van der Waals surface area contributed by atoms with Gasteiger partial charge >= 0.3 is 0 Å². The summed E-state index contributed by atoms with van der Waals surface area (Å²) in [5.74, 6) is 2.17. The fraction of sp³-hybridized carbons (Fsp3) is 0.185. The molecule has 10 rings (SSSR count). The van der Waals surface area contributed by atoms with Crippen LogP contribution in [-0.4, -0.2) is 9.55 Å². The normalized spacial score (nSPS) is 13.4. The Kier molecular flexibility index (Phi) is 9.89. The van der Waals surface area contributed by atoms with Gasteiger partial charge < -0.3 is 15.4 Å². The summed E-state index contributed by atoms with van der Waals surface area (Å²) in [7, 11) is 0. The fourth-order valence-corrected chi connectivity index (χ4v) is 9.18. The van der Waals surface area contributed by atoms with Gasteiger partial charge in [0.05, 0.1) is 34.9 Å². The largest absolute Gasteiger partial charge is 0.457 e. The van der Waals surface area contributed by atoms with Crippen molar-refractivity contribution < 1.29 is 14.3 Å². The molecule has 8 aromatic carbocycles. The van der Waals surface area contributed by atoms with Crippen LogP contribution in [0.15, 0.2) is 200 Å². The molecule has 10 aromatic rings. The number of para-hydroxylation sites is 3. The van der Waals surface area contributed by atoms with E-state index in [0.29, 0.717) is 17.1 Å². The van der Waals surface area contributed by atoms with Crippen molar-refractivity contribution in [2.24, 2.45) is 0 Å². The van der Waals surface area contributed by atoms with Crippen molar-refractivity contribution in [1.29, 1.82) is 0 Å². The van der Waals surface area contributed by atoms with Crippen LogP contribution < -0.4 is 15.4 Å². The maximum Gasteiger partial charge on any atom is 0.137 e. The number of anilines is 4. The molecule has 0 radical (unpaired) electrons. The number of nitrogens with one attached hydrogen (secondary N) is 2. The molecule has 0 saturated heterocycles. The Hall–Kier alpha value is -7.89. The zero-order valence-electron chi connectivity index (χ0n) is 47.9. The third-order valence-corrected chi connectivity index (χ3v) is 12.9. The summed E-state index contributed by atoms with van der Waals surface area (Å²) < 4.78 is 68.7. The number of nitrogens with zero attached hydrogens (tertiary/aromatic N) is 2. The molecule has 2 aromatic heterocycles. The molecule has 0 aliphatic rings. The average molecular weight is 922 g/mol. The van der Waals surface area contributed by atoms with E-state index >= 15 is 0 Å². The smallest absolute Gasteiger partial charge is 0.137 e. The van der Waals surface area contributed by atoms with Crippen LogP contribution in [0.3, 0.4) is 0 Å². The summed E-state index contributed by atoms with van der Waals surface area (Å²) >= 11 is 0. The Bertz CT molecular complexity index is 3840. The highest BCUT2D eigenvalue weighted by molar-refractivity contribution is 6.09. The van der Waals surface area contributed by atoms with Crippen LogP contribution in [-0.2, 0) is 16.2 Å². The van der Waals surface area contributed by atoms with Crippen LogP contribution in [0.5, 0.6) is 11.5 Å². The minimum atomic E-state index is -0.808. The first-order valence-corrected chi connectivity index (χ1v) is 23.7. The molecule has 0 bridgehead atoms. The Morgan fingerprint density at radius 1 is 0.500 bits per heavy atom. The zero-order chi connectivity index (χ0) is 54.6. The van der Waals surface area contributed by atoms with Crippen molar-refractivity contribution in [3.63, 3.8) is 0 Å². The van der Waals surface area contributed by atoms with E-state index in [1.807, 2.05) is 85.9 Å². The minimum Gasteiger partial charge on any atom is -0.457 e. The highest BCUT2D eigenvalue weighted by Gasteiger charge is 2.26. The number of aromatic nitrogens is 2. The first-order valence-electron chi connectivity index (χ1n) is 27.6. The lowest BCUT2D eigenvalue weighted by Gasteiger charge is -2.29. The van der Waals surface area contributed by atoms with E-state index in [1.165, 1.54) is 5.56 Å². The maximum atomic E-state index is 8.73. The first-order chi connectivity index (χ1) is 36.8. The number of hydrogen-bond donors (Lipinski definition) is 2. The summed E-state index contributed by atoms with van der Waals surface area (Å²) in [5, 5.41) is 9.82. The standard InChI is InChI=1S/C65H62N4O/c1-63(2,3)46-36-37-66-61(40-46)69-59-29-18-14-25-52(59)53-35-34-50(42-60(53)69)70-49-23-19-22-48(41-49)67-57-27-16-17-28-58(57)68-62-54(45-32-30-44(31-33-45)43-20-11-10-12-21-43)38-47(64(4,5)6)39-55(62)51-24-13-15-26-56(51)65(7,8)9/h10-42,67-68H,1-9H3/i4D,5D,10D,11D,12D,20D,21D. The number of benzene rings is 8. The second-order valence-corrected chi connectivity index (χ2v) is 20.5. The predicted molar refractivity (Wildman–Crippen MR) is 297 cm³/mol. The summed E-state index contributed by atoms with van der Waals surface area (Å²) in [6, 6.07) is 53.0. The molecular formula is C65H62N4O. The van der Waals surface area contributed by atoms with Gasteiger partial charge in [-0.05, 0) is 122 Å². The van der Waals surface area contributed by atoms with Crippen LogP contribution in [0.25, 0.3) is 61.0 Å². The van der Waals surface area contributed by atoms with Gasteiger partial charge in [-0.3, -0.25) is 4.57 Å². The van der Waals surface area contributed by atoms with E-state index in [1.54, 1.807) is 12.1 Å². The number of hydrogen-bond acceptors (Lipinski definition) is 4. The summed E-state index contributed by atoms with van der Waals surface area (Å²) in [5.41, 5.74) is 11.4.